The first-order valence-electron chi connectivity index (χ1n) is 4.85. The minimum Gasteiger partial charge on any atom is -0.303 e. The molecule has 0 bridgehead atoms. The number of rotatable bonds is 4. The Morgan fingerprint density at radius 3 is 2.12 bits per heavy atom. The lowest BCUT2D eigenvalue weighted by molar-refractivity contribution is -0.108. The maximum absolute atomic E-state index is 11.3. The lowest BCUT2D eigenvalue weighted by Crippen LogP contribution is -2.24. The first-order chi connectivity index (χ1) is 7.36. The molecule has 0 aliphatic rings. The molecule has 88 valence electrons. The van der Waals surface area contributed by atoms with E-state index < -0.39 is 10.0 Å². The highest BCUT2D eigenvalue weighted by atomic mass is 32.2. The molecule has 1 unspecified atom stereocenters. The molecule has 0 radical (unpaired) electrons. The van der Waals surface area contributed by atoms with Crippen molar-refractivity contribution in [2.75, 3.05) is 17.6 Å². The third kappa shape index (κ3) is 2.82. The van der Waals surface area contributed by atoms with Gasteiger partial charge in [0.25, 0.3) is 0 Å². The molecule has 0 saturated heterocycles. The summed E-state index contributed by atoms with van der Waals surface area (Å²) >= 11 is 0. The summed E-state index contributed by atoms with van der Waals surface area (Å²) in [7, 11) is -1.74. The molecule has 5 heteroatoms. The van der Waals surface area contributed by atoms with Crippen LogP contribution in [0.15, 0.2) is 24.3 Å². The van der Waals surface area contributed by atoms with Gasteiger partial charge >= 0.3 is 0 Å². The van der Waals surface area contributed by atoms with Crippen LogP contribution in [0.2, 0.25) is 0 Å². The van der Waals surface area contributed by atoms with Gasteiger partial charge in [-0.3, -0.25) is 4.31 Å². The van der Waals surface area contributed by atoms with E-state index in [1.165, 1.54) is 11.4 Å². The van der Waals surface area contributed by atoms with Gasteiger partial charge in [0.1, 0.15) is 6.29 Å². The molecular weight excluding hydrogens is 226 g/mol. The number of aldehydes is 1. The Morgan fingerprint density at radius 2 is 1.75 bits per heavy atom. The highest BCUT2D eigenvalue weighted by molar-refractivity contribution is 7.92. The standard InChI is InChI=1S/C11H15NO3S/c1-9(8-13)10-4-6-11(7-5-10)12(2)16(3,14)15/h4-9H,1-3H3. The number of hydrogen-bond acceptors (Lipinski definition) is 3. The molecule has 0 N–H and O–H groups in total. The summed E-state index contributed by atoms with van der Waals surface area (Å²) < 4.78 is 23.7. The van der Waals surface area contributed by atoms with Crippen molar-refractivity contribution in [3.8, 4) is 0 Å². The monoisotopic (exact) mass is 241 g/mol. The molecule has 1 aromatic rings. The van der Waals surface area contributed by atoms with Gasteiger partial charge in [0, 0.05) is 13.0 Å². The summed E-state index contributed by atoms with van der Waals surface area (Å²) in [6.07, 6.45) is 2.00. The van der Waals surface area contributed by atoms with E-state index in [2.05, 4.69) is 0 Å². The summed E-state index contributed by atoms with van der Waals surface area (Å²) in [4.78, 5) is 10.6. The lowest BCUT2D eigenvalue weighted by atomic mass is 10.0. The van der Waals surface area contributed by atoms with Crippen LogP contribution >= 0.6 is 0 Å². The zero-order valence-corrected chi connectivity index (χ0v) is 10.4. The second-order valence-corrected chi connectivity index (χ2v) is 5.76. The summed E-state index contributed by atoms with van der Waals surface area (Å²) in [5.41, 5.74) is 1.46. The molecule has 0 aliphatic heterocycles. The minimum atomic E-state index is -3.23. The van der Waals surface area contributed by atoms with E-state index in [-0.39, 0.29) is 5.92 Å². The Kier molecular flexibility index (Phi) is 3.70. The van der Waals surface area contributed by atoms with Crippen molar-refractivity contribution in [3.63, 3.8) is 0 Å². The van der Waals surface area contributed by atoms with Crippen LogP contribution < -0.4 is 4.31 Å². The van der Waals surface area contributed by atoms with Crippen LogP contribution in [0.4, 0.5) is 5.69 Å². The van der Waals surface area contributed by atoms with Crippen molar-refractivity contribution in [2.24, 2.45) is 0 Å². The fraction of sp³-hybridized carbons (Fsp3) is 0.364. The van der Waals surface area contributed by atoms with E-state index in [9.17, 15) is 13.2 Å². The van der Waals surface area contributed by atoms with Crippen molar-refractivity contribution < 1.29 is 13.2 Å². The molecule has 0 saturated carbocycles. The maximum atomic E-state index is 11.3. The van der Waals surface area contributed by atoms with E-state index in [0.717, 1.165) is 18.1 Å². The highest BCUT2D eigenvalue weighted by Crippen LogP contribution is 2.19. The van der Waals surface area contributed by atoms with Gasteiger partial charge in [0.05, 0.1) is 11.9 Å². The predicted molar refractivity (Wildman–Crippen MR) is 64.2 cm³/mol. The number of benzene rings is 1. The molecule has 16 heavy (non-hydrogen) atoms. The summed E-state index contributed by atoms with van der Waals surface area (Å²) in [5.74, 6) is -0.169. The van der Waals surface area contributed by atoms with Crippen molar-refractivity contribution in [2.45, 2.75) is 12.8 Å². The first kappa shape index (κ1) is 12.7. The van der Waals surface area contributed by atoms with E-state index in [0.29, 0.717) is 5.69 Å². The third-order valence-corrected chi connectivity index (χ3v) is 3.69. The lowest BCUT2D eigenvalue weighted by Gasteiger charge is -2.17. The number of sulfonamides is 1. The summed E-state index contributed by atoms with van der Waals surface area (Å²) in [6.45, 7) is 1.79. The minimum absolute atomic E-state index is 0.169. The van der Waals surface area contributed by atoms with Gasteiger partial charge in [-0.2, -0.15) is 0 Å². The van der Waals surface area contributed by atoms with Crippen LogP contribution in [0.25, 0.3) is 0 Å². The zero-order chi connectivity index (χ0) is 12.3. The SMILES string of the molecule is CC(C=O)c1ccc(N(C)S(C)(=O)=O)cc1. The van der Waals surface area contributed by atoms with Crippen molar-refractivity contribution in [1.82, 2.24) is 0 Å². The van der Waals surface area contributed by atoms with Gasteiger partial charge in [0.2, 0.25) is 10.0 Å². The second-order valence-electron chi connectivity index (χ2n) is 3.75. The van der Waals surface area contributed by atoms with Gasteiger partial charge in [0.15, 0.2) is 0 Å². The molecule has 0 spiro atoms. The van der Waals surface area contributed by atoms with Crippen molar-refractivity contribution in [1.29, 1.82) is 0 Å². The summed E-state index contributed by atoms with van der Waals surface area (Å²) in [6, 6.07) is 6.90. The number of hydrogen-bond donors (Lipinski definition) is 0. The molecule has 0 aliphatic carbocycles. The van der Waals surface area contributed by atoms with E-state index >= 15 is 0 Å². The fourth-order valence-corrected chi connectivity index (χ4v) is 1.76. The average molecular weight is 241 g/mol. The Hall–Kier alpha value is -1.36. The summed E-state index contributed by atoms with van der Waals surface area (Å²) in [5, 5.41) is 0. The van der Waals surface area contributed by atoms with Crippen LogP contribution in [0.3, 0.4) is 0 Å². The van der Waals surface area contributed by atoms with Gasteiger partial charge in [-0.1, -0.05) is 19.1 Å². The second kappa shape index (κ2) is 4.65. The third-order valence-electron chi connectivity index (χ3n) is 2.48. The zero-order valence-electron chi connectivity index (χ0n) is 9.54. The van der Waals surface area contributed by atoms with Crippen molar-refractivity contribution >= 4 is 22.0 Å². The smallest absolute Gasteiger partial charge is 0.231 e. The Morgan fingerprint density at radius 1 is 1.25 bits per heavy atom. The quantitative estimate of drug-likeness (QED) is 0.748. The van der Waals surface area contributed by atoms with Crippen molar-refractivity contribution in [3.05, 3.63) is 29.8 Å². The normalized spacial score (nSPS) is 13.2. The molecule has 1 aromatic carbocycles. The molecule has 0 amide bonds. The molecule has 0 heterocycles. The number of carbonyl (C=O) groups excluding carboxylic acids is 1. The van der Waals surface area contributed by atoms with Crippen LogP contribution in [-0.4, -0.2) is 28.0 Å². The molecular formula is C11H15NO3S. The topological polar surface area (TPSA) is 54.5 Å². The molecule has 1 atom stereocenters. The van der Waals surface area contributed by atoms with Crippen LogP contribution in [0.1, 0.15) is 18.4 Å². The average Bonchev–Trinajstić information content (AvgIpc) is 2.26. The van der Waals surface area contributed by atoms with Gasteiger partial charge in [-0.25, -0.2) is 8.42 Å². The highest BCUT2D eigenvalue weighted by Gasteiger charge is 2.12. The van der Waals surface area contributed by atoms with Crippen LogP contribution in [-0.2, 0) is 14.8 Å². The van der Waals surface area contributed by atoms with Gasteiger partial charge in [-0.15, -0.1) is 0 Å². The predicted octanol–water partition coefficient (Wildman–Crippen LogP) is 1.38. The first-order valence-corrected chi connectivity index (χ1v) is 6.70. The van der Waals surface area contributed by atoms with Crippen LogP contribution in [0.5, 0.6) is 0 Å². The Labute approximate surface area is 95.9 Å². The van der Waals surface area contributed by atoms with E-state index in [1.54, 1.807) is 31.2 Å². The largest absolute Gasteiger partial charge is 0.303 e. The number of nitrogens with zero attached hydrogens (tertiary/aromatic N) is 1. The number of anilines is 1. The van der Waals surface area contributed by atoms with Gasteiger partial charge < -0.3 is 4.79 Å². The Balaban J connectivity index is 3.00. The van der Waals surface area contributed by atoms with E-state index in [1.807, 2.05) is 0 Å². The molecule has 0 fully saturated rings. The van der Waals surface area contributed by atoms with Gasteiger partial charge in [-0.05, 0) is 17.7 Å². The van der Waals surface area contributed by atoms with E-state index in [4.69, 9.17) is 0 Å². The maximum Gasteiger partial charge on any atom is 0.231 e. The Bertz CT molecular complexity index is 465. The molecule has 0 aromatic heterocycles. The molecule has 4 nitrogen and oxygen atoms in total. The number of carbonyl (C=O) groups is 1. The fourth-order valence-electron chi connectivity index (χ4n) is 1.26. The van der Waals surface area contributed by atoms with Crippen LogP contribution in [0, 0.1) is 0 Å². The molecule has 1 rings (SSSR count).